The molecular formula is C22H22F5N3O2. The maximum atomic E-state index is 15.7. The van der Waals surface area contributed by atoms with Crippen LogP contribution in [0, 0.1) is 5.82 Å². The lowest BCUT2D eigenvalue weighted by molar-refractivity contribution is -0.138. The van der Waals surface area contributed by atoms with Crippen molar-refractivity contribution < 1.29 is 31.5 Å². The van der Waals surface area contributed by atoms with Crippen molar-refractivity contribution in [1.82, 2.24) is 4.98 Å². The predicted octanol–water partition coefficient (Wildman–Crippen LogP) is 4.39. The largest absolute Gasteiger partial charge is 0.418 e. The number of ether oxygens (including phenoxy) is 1. The first-order valence-electron chi connectivity index (χ1n) is 9.86. The smallest absolute Gasteiger partial charge is 0.386 e. The fourth-order valence-electron chi connectivity index (χ4n) is 3.96. The van der Waals surface area contributed by atoms with Gasteiger partial charge in [-0.1, -0.05) is 13.0 Å². The fraction of sp³-hybridized carbons (Fsp3) is 0.409. The van der Waals surface area contributed by atoms with Gasteiger partial charge in [-0.2, -0.15) is 13.2 Å². The van der Waals surface area contributed by atoms with E-state index in [9.17, 15) is 22.4 Å². The minimum atomic E-state index is -4.76. The summed E-state index contributed by atoms with van der Waals surface area (Å²) in [5.74, 6) is -1.70. The standard InChI is InChI=1S/C22H22F5N3O2/c1-3-21(20(2,24)12-32-11-18(28)30-21)15-9-13(6-7-16(15)23)10-17(31)19-14(22(25,26)27)5-4-8-29-19/h4-9H,3,10-12H2,1-2H3,(H2,28,30)/t20?,21-/m1/s1. The number of ketones is 1. The summed E-state index contributed by atoms with van der Waals surface area (Å²) >= 11 is 0. The second-order valence-electron chi connectivity index (χ2n) is 7.82. The average Bonchev–Trinajstić information content (AvgIpc) is 2.84. The molecule has 0 saturated carbocycles. The van der Waals surface area contributed by atoms with Crippen molar-refractivity contribution in [3.05, 3.63) is 64.7 Å². The summed E-state index contributed by atoms with van der Waals surface area (Å²) in [7, 11) is 0. The van der Waals surface area contributed by atoms with Crippen molar-refractivity contribution in [2.45, 2.75) is 44.1 Å². The highest BCUT2D eigenvalue weighted by molar-refractivity contribution is 5.97. The number of hydrogen-bond acceptors (Lipinski definition) is 5. The second kappa shape index (κ2) is 8.57. The molecule has 1 aromatic carbocycles. The molecule has 172 valence electrons. The van der Waals surface area contributed by atoms with Crippen molar-refractivity contribution in [2.75, 3.05) is 13.2 Å². The molecule has 1 aliphatic heterocycles. The first-order valence-corrected chi connectivity index (χ1v) is 9.86. The number of hydrogen-bond donors (Lipinski definition) is 1. The van der Waals surface area contributed by atoms with E-state index in [2.05, 4.69) is 9.98 Å². The normalized spacial score (nSPS) is 24.0. The molecule has 2 aromatic rings. The number of amidine groups is 1. The first-order chi connectivity index (χ1) is 14.9. The molecule has 2 atom stereocenters. The van der Waals surface area contributed by atoms with Crippen LogP contribution in [0.15, 0.2) is 41.5 Å². The third-order valence-electron chi connectivity index (χ3n) is 5.55. The third kappa shape index (κ3) is 4.36. The van der Waals surface area contributed by atoms with Crippen LogP contribution in [0.3, 0.4) is 0 Å². The SMILES string of the molecule is CC[C@]1(c2cc(CC(=O)c3ncccc3C(F)(F)F)ccc2F)N=C(N)COCC1(C)F. The van der Waals surface area contributed by atoms with E-state index in [0.29, 0.717) is 0 Å². The van der Waals surface area contributed by atoms with E-state index in [0.717, 1.165) is 24.4 Å². The van der Waals surface area contributed by atoms with E-state index in [1.54, 1.807) is 6.92 Å². The third-order valence-corrected chi connectivity index (χ3v) is 5.55. The van der Waals surface area contributed by atoms with Gasteiger partial charge in [0.1, 0.15) is 29.5 Å². The number of pyridine rings is 1. The number of nitrogens with two attached hydrogens (primary N) is 1. The molecule has 1 unspecified atom stereocenters. The van der Waals surface area contributed by atoms with Crippen molar-refractivity contribution in [1.29, 1.82) is 0 Å². The van der Waals surface area contributed by atoms with Gasteiger partial charge >= 0.3 is 6.18 Å². The van der Waals surface area contributed by atoms with Gasteiger partial charge < -0.3 is 10.5 Å². The Bertz CT molecular complexity index is 1050. The van der Waals surface area contributed by atoms with Gasteiger partial charge in [0.05, 0.1) is 12.2 Å². The van der Waals surface area contributed by atoms with E-state index in [1.807, 2.05) is 0 Å². The lowest BCUT2D eigenvalue weighted by Gasteiger charge is -2.39. The zero-order valence-electron chi connectivity index (χ0n) is 17.5. The minimum absolute atomic E-state index is 0.0163. The maximum absolute atomic E-state index is 15.7. The summed E-state index contributed by atoms with van der Waals surface area (Å²) in [5.41, 5.74) is 0.0704. The summed E-state index contributed by atoms with van der Waals surface area (Å²) in [6.45, 7) is 2.32. The number of aliphatic imine (C=N–C) groups is 1. The van der Waals surface area contributed by atoms with Crippen LogP contribution in [0.5, 0.6) is 0 Å². The van der Waals surface area contributed by atoms with Gasteiger partial charge in [0.15, 0.2) is 11.5 Å². The molecular weight excluding hydrogens is 433 g/mol. The molecule has 0 aliphatic carbocycles. The van der Waals surface area contributed by atoms with Crippen LogP contribution < -0.4 is 5.73 Å². The summed E-state index contributed by atoms with van der Waals surface area (Å²) < 4.78 is 75.5. The zero-order chi connectivity index (χ0) is 23.7. The first kappa shape index (κ1) is 23.8. The van der Waals surface area contributed by atoms with Crippen LogP contribution in [-0.2, 0) is 22.9 Å². The average molecular weight is 455 g/mol. The number of aromatic nitrogens is 1. The molecule has 3 rings (SSSR count). The topological polar surface area (TPSA) is 77.6 Å². The fourth-order valence-corrected chi connectivity index (χ4v) is 3.96. The second-order valence-corrected chi connectivity index (χ2v) is 7.82. The van der Waals surface area contributed by atoms with Gasteiger partial charge in [-0.25, -0.2) is 8.78 Å². The molecule has 0 bridgehead atoms. The summed E-state index contributed by atoms with van der Waals surface area (Å²) in [6, 6.07) is 5.38. The highest BCUT2D eigenvalue weighted by atomic mass is 19.4. The lowest BCUT2D eigenvalue weighted by atomic mass is 9.74. The number of nitrogens with zero attached hydrogens (tertiary/aromatic N) is 2. The molecule has 1 aliphatic rings. The lowest BCUT2D eigenvalue weighted by Crippen LogP contribution is -2.48. The van der Waals surface area contributed by atoms with Gasteiger partial charge in [-0.05, 0) is 43.2 Å². The van der Waals surface area contributed by atoms with Crippen molar-refractivity contribution >= 4 is 11.6 Å². The minimum Gasteiger partial charge on any atom is -0.386 e. The Hall–Kier alpha value is -2.88. The predicted molar refractivity (Wildman–Crippen MR) is 108 cm³/mol. The Morgan fingerprint density at radius 3 is 2.66 bits per heavy atom. The quantitative estimate of drug-likeness (QED) is 0.536. The molecule has 2 heterocycles. The van der Waals surface area contributed by atoms with Crippen LogP contribution in [0.1, 0.15) is 47.4 Å². The highest BCUT2D eigenvalue weighted by Gasteiger charge is 2.52. The number of halogens is 5. The van der Waals surface area contributed by atoms with Crippen molar-refractivity contribution in [3.8, 4) is 0 Å². The Morgan fingerprint density at radius 2 is 2.00 bits per heavy atom. The van der Waals surface area contributed by atoms with E-state index in [4.69, 9.17) is 10.5 Å². The monoisotopic (exact) mass is 455 g/mol. The van der Waals surface area contributed by atoms with E-state index < -0.39 is 53.3 Å². The van der Waals surface area contributed by atoms with Gasteiger partial charge in [0.2, 0.25) is 0 Å². The summed E-state index contributed by atoms with van der Waals surface area (Å²) in [6.07, 6.45) is -4.15. The number of alkyl halides is 4. The van der Waals surface area contributed by atoms with E-state index in [1.165, 1.54) is 19.1 Å². The van der Waals surface area contributed by atoms with Crippen LogP contribution in [0.25, 0.3) is 0 Å². The Labute approximate surface area is 181 Å². The number of benzene rings is 1. The molecule has 32 heavy (non-hydrogen) atoms. The zero-order valence-corrected chi connectivity index (χ0v) is 17.5. The molecule has 1 aromatic heterocycles. The van der Waals surface area contributed by atoms with Crippen molar-refractivity contribution in [3.63, 3.8) is 0 Å². The Kier molecular flexibility index (Phi) is 6.37. The van der Waals surface area contributed by atoms with Crippen LogP contribution in [0.4, 0.5) is 22.0 Å². The number of carbonyl (C=O) groups excluding carboxylic acids is 1. The Balaban J connectivity index is 2.05. The van der Waals surface area contributed by atoms with Gasteiger partial charge in [0.25, 0.3) is 0 Å². The number of carbonyl (C=O) groups is 1. The molecule has 10 heteroatoms. The number of Topliss-reactive ketones (excluding diaryl/α,β-unsaturated/α-hetero) is 1. The molecule has 0 saturated heterocycles. The molecule has 0 spiro atoms. The van der Waals surface area contributed by atoms with Crippen molar-refractivity contribution in [2.24, 2.45) is 10.7 Å². The molecule has 5 nitrogen and oxygen atoms in total. The van der Waals surface area contributed by atoms with E-state index >= 15 is 4.39 Å². The van der Waals surface area contributed by atoms with Gasteiger partial charge in [0, 0.05) is 18.2 Å². The highest BCUT2D eigenvalue weighted by Crippen LogP contribution is 2.45. The molecule has 2 N–H and O–H groups in total. The van der Waals surface area contributed by atoms with Gasteiger partial charge in [-0.15, -0.1) is 0 Å². The summed E-state index contributed by atoms with van der Waals surface area (Å²) in [5, 5.41) is 0. The van der Waals surface area contributed by atoms with Crippen LogP contribution in [0.2, 0.25) is 0 Å². The number of rotatable bonds is 5. The molecule has 0 radical (unpaired) electrons. The molecule has 0 fully saturated rings. The van der Waals surface area contributed by atoms with Crippen LogP contribution >= 0.6 is 0 Å². The summed E-state index contributed by atoms with van der Waals surface area (Å²) in [4.78, 5) is 20.5. The molecule has 0 amide bonds. The van der Waals surface area contributed by atoms with Gasteiger partial charge in [-0.3, -0.25) is 14.8 Å². The van der Waals surface area contributed by atoms with E-state index in [-0.39, 0.29) is 30.0 Å². The Morgan fingerprint density at radius 1 is 1.28 bits per heavy atom. The maximum Gasteiger partial charge on any atom is 0.418 e. The van der Waals surface area contributed by atoms with Crippen LogP contribution in [-0.4, -0.2) is 35.5 Å².